The van der Waals surface area contributed by atoms with Gasteiger partial charge >= 0.3 is 0 Å². The minimum absolute atomic E-state index is 0.158. The van der Waals surface area contributed by atoms with E-state index in [0.29, 0.717) is 11.9 Å². The molecule has 1 aromatic carbocycles. The van der Waals surface area contributed by atoms with Crippen LogP contribution < -0.4 is 10.2 Å². The lowest BCUT2D eigenvalue weighted by molar-refractivity contribution is 0.220. The second kappa shape index (κ2) is 10.1. The van der Waals surface area contributed by atoms with Crippen molar-refractivity contribution in [2.75, 3.05) is 24.5 Å². The molecule has 1 fully saturated rings. The first-order valence-electron chi connectivity index (χ1n) is 9.97. The molecule has 30 heavy (non-hydrogen) atoms. The summed E-state index contributed by atoms with van der Waals surface area (Å²) in [6, 6.07) is 8.09. The summed E-state index contributed by atoms with van der Waals surface area (Å²) in [7, 11) is 0. The summed E-state index contributed by atoms with van der Waals surface area (Å²) in [4.78, 5) is 17.9. The molecule has 0 radical (unpaired) electrons. The van der Waals surface area contributed by atoms with E-state index in [1.807, 2.05) is 37.3 Å². The number of piperazine rings is 1. The molecule has 0 spiro atoms. The summed E-state index contributed by atoms with van der Waals surface area (Å²) < 4.78 is 0. The molecular formula is C22H27N7S. The number of rotatable bonds is 4. The largest absolute Gasteiger partial charge is 0.352 e. The van der Waals surface area contributed by atoms with E-state index >= 15 is 0 Å². The van der Waals surface area contributed by atoms with Gasteiger partial charge in [0.25, 0.3) is 0 Å². The molecule has 1 aliphatic rings. The normalized spacial score (nSPS) is 17.5. The third kappa shape index (κ3) is 4.92. The summed E-state index contributed by atoms with van der Waals surface area (Å²) in [5.74, 6) is 1.83. The number of para-hydroxylation sites is 1. The van der Waals surface area contributed by atoms with Crippen LogP contribution in [0.4, 0.5) is 11.5 Å². The van der Waals surface area contributed by atoms with E-state index in [0.717, 1.165) is 42.3 Å². The van der Waals surface area contributed by atoms with Crippen molar-refractivity contribution in [2.24, 2.45) is 10.9 Å². The van der Waals surface area contributed by atoms with Crippen LogP contribution in [0.2, 0.25) is 0 Å². The molecule has 0 bridgehead atoms. The van der Waals surface area contributed by atoms with Crippen LogP contribution in [0.25, 0.3) is 6.08 Å². The number of benzene rings is 1. The predicted molar refractivity (Wildman–Crippen MR) is 125 cm³/mol. The van der Waals surface area contributed by atoms with Crippen molar-refractivity contribution in [3.63, 3.8) is 0 Å². The maximum absolute atomic E-state index is 9.35. The molecule has 7 nitrogen and oxygen atoms in total. The van der Waals surface area contributed by atoms with Crippen LogP contribution in [0.5, 0.6) is 0 Å². The van der Waals surface area contributed by atoms with Gasteiger partial charge in [-0.15, -0.1) is 0 Å². The van der Waals surface area contributed by atoms with E-state index in [1.165, 1.54) is 0 Å². The summed E-state index contributed by atoms with van der Waals surface area (Å²) in [6.07, 6.45) is 7.33. The molecule has 2 aromatic rings. The highest BCUT2D eigenvalue weighted by Crippen LogP contribution is 2.26. The van der Waals surface area contributed by atoms with Crippen LogP contribution in [-0.2, 0) is 0 Å². The number of nitrogens with zero attached hydrogens (tertiary/aromatic N) is 6. The van der Waals surface area contributed by atoms with E-state index in [4.69, 9.17) is 4.99 Å². The molecule has 0 aliphatic carbocycles. The molecule has 3 rings (SSSR count). The van der Waals surface area contributed by atoms with Gasteiger partial charge in [-0.1, -0.05) is 32.0 Å². The smallest absolute Gasteiger partial charge is 0.212 e. The maximum atomic E-state index is 9.35. The molecule has 1 aromatic heterocycles. The highest BCUT2D eigenvalue weighted by atomic mass is 32.1. The van der Waals surface area contributed by atoms with Crippen LogP contribution >= 0.6 is 12.6 Å². The Morgan fingerprint density at radius 3 is 2.87 bits per heavy atom. The second-order valence-corrected chi connectivity index (χ2v) is 7.83. The molecule has 2 heterocycles. The first-order chi connectivity index (χ1) is 14.5. The van der Waals surface area contributed by atoms with E-state index in [1.54, 1.807) is 17.9 Å². The van der Waals surface area contributed by atoms with Crippen LogP contribution in [-0.4, -0.2) is 46.5 Å². The lowest BCUT2D eigenvalue weighted by atomic mass is 9.99. The van der Waals surface area contributed by atoms with Gasteiger partial charge < -0.3 is 9.80 Å². The van der Waals surface area contributed by atoms with Gasteiger partial charge in [-0.05, 0) is 36.0 Å². The van der Waals surface area contributed by atoms with Crippen LogP contribution in [0, 0.1) is 24.3 Å². The Labute approximate surface area is 183 Å². The van der Waals surface area contributed by atoms with Crippen LogP contribution in [0.1, 0.15) is 25.0 Å². The molecule has 1 atom stereocenters. The number of aromatic nitrogens is 2. The summed E-state index contributed by atoms with van der Waals surface area (Å²) in [6.45, 7) is 8.64. The average molecular weight is 422 g/mol. The summed E-state index contributed by atoms with van der Waals surface area (Å²) >= 11 is 4.20. The SMILES string of the molecule is Cc1ccccc1N=C(NC#N)N1CCN(c2ncncc2/C=C\S)CC1C(C)C. The van der Waals surface area contributed by atoms with Gasteiger partial charge in [0.1, 0.15) is 12.1 Å². The van der Waals surface area contributed by atoms with Crippen molar-refractivity contribution in [3.8, 4) is 6.19 Å². The molecule has 1 N–H and O–H groups in total. The Kier molecular flexibility index (Phi) is 7.31. The third-order valence-electron chi connectivity index (χ3n) is 5.24. The molecule has 1 unspecified atom stereocenters. The molecule has 0 amide bonds. The Morgan fingerprint density at radius 2 is 2.17 bits per heavy atom. The quantitative estimate of drug-likeness (QED) is 0.258. The highest BCUT2D eigenvalue weighted by molar-refractivity contribution is 7.83. The number of nitrogens with one attached hydrogen (secondary N) is 1. The zero-order chi connectivity index (χ0) is 21.5. The number of anilines is 1. The van der Waals surface area contributed by atoms with Gasteiger partial charge in [-0.2, -0.15) is 17.9 Å². The predicted octanol–water partition coefficient (Wildman–Crippen LogP) is 3.59. The maximum Gasteiger partial charge on any atom is 0.212 e. The van der Waals surface area contributed by atoms with Gasteiger partial charge in [0, 0.05) is 31.4 Å². The molecule has 0 saturated carbocycles. The molecule has 1 saturated heterocycles. The van der Waals surface area contributed by atoms with E-state index < -0.39 is 0 Å². The number of guanidine groups is 1. The Morgan fingerprint density at radius 1 is 1.37 bits per heavy atom. The lowest BCUT2D eigenvalue weighted by Crippen LogP contribution is -2.59. The second-order valence-electron chi connectivity index (χ2n) is 7.53. The van der Waals surface area contributed by atoms with E-state index in [9.17, 15) is 5.26 Å². The lowest BCUT2D eigenvalue weighted by Gasteiger charge is -2.45. The number of hydrogen-bond donors (Lipinski definition) is 2. The van der Waals surface area contributed by atoms with Gasteiger partial charge in [-0.25, -0.2) is 15.0 Å². The number of aliphatic imine (C=N–C) groups is 1. The van der Waals surface area contributed by atoms with Gasteiger partial charge in [0.05, 0.1) is 11.7 Å². The van der Waals surface area contributed by atoms with E-state index in [2.05, 4.69) is 57.8 Å². The Bertz CT molecular complexity index is 964. The first-order valence-corrected chi connectivity index (χ1v) is 10.5. The summed E-state index contributed by atoms with van der Waals surface area (Å²) in [5.41, 5.74) is 2.86. The fraction of sp³-hybridized carbons (Fsp3) is 0.364. The fourth-order valence-corrected chi connectivity index (χ4v) is 3.81. The first kappa shape index (κ1) is 21.7. The monoisotopic (exact) mass is 421 g/mol. The summed E-state index contributed by atoms with van der Waals surface area (Å²) in [5, 5.41) is 13.9. The van der Waals surface area contributed by atoms with Crippen molar-refractivity contribution < 1.29 is 0 Å². The zero-order valence-electron chi connectivity index (χ0n) is 17.5. The number of aryl methyl sites for hydroxylation is 1. The van der Waals surface area contributed by atoms with Crippen LogP contribution in [0.15, 0.2) is 47.2 Å². The minimum atomic E-state index is 0.158. The van der Waals surface area contributed by atoms with Gasteiger partial charge in [0.2, 0.25) is 5.96 Å². The Hall–Kier alpha value is -3.05. The van der Waals surface area contributed by atoms with Crippen molar-refractivity contribution in [1.29, 1.82) is 5.26 Å². The average Bonchev–Trinajstić information content (AvgIpc) is 2.75. The number of nitriles is 1. The number of thiol groups is 1. The van der Waals surface area contributed by atoms with Crippen molar-refractivity contribution in [3.05, 3.63) is 53.3 Å². The fourth-order valence-electron chi connectivity index (χ4n) is 3.65. The topological polar surface area (TPSA) is 80.4 Å². The third-order valence-corrected chi connectivity index (χ3v) is 5.39. The molecule has 156 valence electrons. The van der Waals surface area contributed by atoms with Crippen molar-refractivity contribution in [1.82, 2.24) is 20.2 Å². The number of hydrogen-bond acceptors (Lipinski definition) is 6. The standard InChI is InChI=1S/C22H27N7S/c1-16(2)20-13-28(21-18(8-11-30)12-24-15-26-21)9-10-29(20)22(25-14-23)27-19-7-5-4-6-17(19)3/h4-8,11-12,15-16,20,30H,9-10,13H2,1-3H3,(H,25,27)/b11-8-. The highest BCUT2D eigenvalue weighted by Gasteiger charge is 2.32. The minimum Gasteiger partial charge on any atom is -0.352 e. The zero-order valence-corrected chi connectivity index (χ0v) is 18.4. The van der Waals surface area contributed by atoms with E-state index in [-0.39, 0.29) is 6.04 Å². The van der Waals surface area contributed by atoms with Crippen molar-refractivity contribution >= 4 is 36.2 Å². The molecular weight excluding hydrogens is 394 g/mol. The van der Waals surface area contributed by atoms with Crippen LogP contribution in [0.3, 0.4) is 0 Å². The Balaban J connectivity index is 1.92. The molecule has 1 aliphatic heterocycles. The van der Waals surface area contributed by atoms with Crippen molar-refractivity contribution in [2.45, 2.75) is 26.8 Å². The van der Waals surface area contributed by atoms with Gasteiger partial charge in [-0.3, -0.25) is 5.32 Å². The van der Waals surface area contributed by atoms with Gasteiger partial charge in [0.15, 0.2) is 6.19 Å². The molecule has 8 heteroatoms.